The van der Waals surface area contributed by atoms with Crippen molar-refractivity contribution < 1.29 is 28.9 Å². The summed E-state index contributed by atoms with van der Waals surface area (Å²) in [5.74, 6) is -0.852. The lowest BCUT2D eigenvalue weighted by molar-refractivity contribution is -0.229. The van der Waals surface area contributed by atoms with Gasteiger partial charge in [0.25, 0.3) is 0 Å². The minimum absolute atomic E-state index is 0.0434. The van der Waals surface area contributed by atoms with E-state index >= 15 is 0 Å². The lowest BCUT2D eigenvalue weighted by atomic mass is 9.80. The fourth-order valence-electron chi connectivity index (χ4n) is 5.83. The van der Waals surface area contributed by atoms with Crippen LogP contribution in [0.5, 0.6) is 0 Å². The van der Waals surface area contributed by atoms with E-state index < -0.39 is 36.0 Å². The highest BCUT2D eigenvalue weighted by Crippen LogP contribution is 2.42. The second-order valence-corrected chi connectivity index (χ2v) is 10.9. The summed E-state index contributed by atoms with van der Waals surface area (Å²) < 4.78 is 31.9. The van der Waals surface area contributed by atoms with Crippen molar-refractivity contribution in [1.82, 2.24) is 0 Å². The van der Waals surface area contributed by atoms with Crippen LogP contribution in [0.25, 0.3) is 0 Å². The van der Waals surface area contributed by atoms with Crippen molar-refractivity contribution >= 4 is 5.71 Å². The van der Waals surface area contributed by atoms with E-state index in [1.165, 1.54) is 0 Å². The molecule has 7 nitrogen and oxygen atoms in total. The van der Waals surface area contributed by atoms with Crippen LogP contribution in [-0.4, -0.2) is 47.9 Å². The molecule has 1 unspecified atom stereocenters. The zero-order chi connectivity index (χ0) is 29.0. The number of fused-ring (bicyclic) bond motifs is 1. The monoisotopic (exact) mass is 565 g/mol. The second kappa shape index (κ2) is 12.2. The van der Waals surface area contributed by atoms with Gasteiger partial charge in [-0.15, -0.1) is 0 Å². The van der Waals surface area contributed by atoms with Gasteiger partial charge in [0.2, 0.25) is 0 Å². The molecule has 7 heteroatoms. The first-order valence-electron chi connectivity index (χ1n) is 14.2. The molecular weight excluding hydrogens is 530 g/mol. The van der Waals surface area contributed by atoms with Crippen LogP contribution in [0.2, 0.25) is 0 Å². The number of hydrogen-bond acceptors (Lipinski definition) is 7. The molecule has 2 heterocycles. The van der Waals surface area contributed by atoms with Gasteiger partial charge < -0.3 is 28.9 Å². The molecule has 42 heavy (non-hydrogen) atoms. The van der Waals surface area contributed by atoms with Gasteiger partial charge in [0.05, 0.1) is 13.2 Å². The highest BCUT2D eigenvalue weighted by Gasteiger charge is 2.57. The van der Waals surface area contributed by atoms with Crippen LogP contribution in [-0.2, 0) is 35.9 Å². The van der Waals surface area contributed by atoms with E-state index in [0.29, 0.717) is 6.61 Å². The van der Waals surface area contributed by atoms with Gasteiger partial charge in [0.1, 0.15) is 29.6 Å². The zero-order valence-electron chi connectivity index (χ0n) is 23.7. The third kappa shape index (κ3) is 5.62. The molecular formula is C35H35NO6. The van der Waals surface area contributed by atoms with E-state index in [1.54, 1.807) is 0 Å². The summed E-state index contributed by atoms with van der Waals surface area (Å²) in [5.41, 5.74) is 3.12. The maximum atomic E-state index is 10.3. The molecule has 4 atom stereocenters. The Balaban J connectivity index is 1.31. The second-order valence-electron chi connectivity index (χ2n) is 10.9. The average Bonchev–Trinajstić information content (AvgIpc) is 3.53. The summed E-state index contributed by atoms with van der Waals surface area (Å²) in [6, 6.07) is 40.0. The summed E-state index contributed by atoms with van der Waals surface area (Å²) in [4.78, 5) is 0. The first-order valence-corrected chi connectivity index (χ1v) is 14.2. The van der Waals surface area contributed by atoms with Crippen molar-refractivity contribution in [1.29, 1.82) is 0 Å². The molecule has 216 valence electrons. The molecule has 2 aliphatic rings. The zero-order valence-corrected chi connectivity index (χ0v) is 23.7. The molecule has 6 rings (SSSR count). The Morgan fingerprint density at radius 3 is 1.71 bits per heavy atom. The van der Waals surface area contributed by atoms with Crippen molar-refractivity contribution in [2.75, 3.05) is 6.61 Å². The molecule has 0 radical (unpaired) electrons. The first kappa shape index (κ1) is 28.3. The fourth-order valence-corrected chi connectivity index (χ4v) is 5.83. The minimum atomic E-state index is -0.993. The molecule has 4 aromatic carbocycles. The van der Waals surface area contributed by atoms with Gasteiger partial charge in [-0.05, 0) is 36.1 Å². The Labute approximate surface area is 246 Å². The number of hydrogen-bond donors (Lipinski definition) is 1. The largest absolute Gasteiger partial charge is 0.411 e. The predicted octanol–water partition coefficient (Wildman–Crippen LogP) is 6.29. The molecule has 2 fully saturated rings. The van der Waals surface area contributed by atoms with Crippen LogP contribution in [0.3, 0.4) is 0 Å². The van der Waals surface area contributed by atoms with Gasteiger partial charge in [-0.25, -0.2) is 0 Å². The number of rotatable bonds is 10. The van der Waals surface area contributed by atoms with E-state index in [0.717, 1.165) is 22.3 Å². The summed E-state index contributed by atoms with van der Waals surface area (Å²) in [5, 5.41) is 14.0. The lowest BCUT2D eigenvalue weighted by Crippen LogP contribution is -2.41. The standard InChI is InChI=1S/C35H35NO6/c1-34(2)41-31-30(40-33(32(31)42-34)38-23-25-15-7-3-8-16-25)29(36-37)24-39-35(26-17-9-4-10-18-26,27-19-11-5-12-20-27)28-21-13-6-14-22-28/h3-22,30-33,37H,23-24H2,1-2H3/t30-,31?,32-,33+/m1/s1. The third-order valence-electron chi connectivity index (χ3n) is 7.70. The maximum Gasteiger partial charge on any atom is 0.187 e. The van der Waals surface area contributed by atoms with E-state index in [1.807, 2.05) is 135 Å². The Morgan fingerprint density at radius 1 is 0.738 bits per heavy atom. The van der Waals surface area contributed by atoms with Crippen LogP contribution in [0.1, 0.15) is 36.1 Å². The number of ether oxygens (including phenoxy) is 5. The quantitative estimate of drug-likeness (QED) is 0.105. The van der Waals surface area contributed by atoms with Crippen molar-refractivity contribution in [3.8, 4) is 0 Å². The van der Waals surface area contributed by atoms with Crippen molar-refractivity contribution in [3.63, 3.8) is 0 Å². The van der Waals surface area contributed by atoms with Crippen molar-refractivity contribution in [2.45, 2.75) is 56.4 Å². The molecule has 0 bridgehead atoms. The Bertz CT molecular complexity index is 1370. The number of nitrogens with zero attached hydrogens (tertiary/aromatic N) is 1. The molecule has 0 spiro atoms. The van der Waals surface area contributed by atoms with E-state index in [9.17, 15) is 5.21 Å². The molecule has 2 saturated heterocycles. The minimum Gasteiger partial charge on any atom is -0.411 e. The molecule has 2 aliphatic heterocycles. The van der Waals surface area contributed by atoms with Gasteiger partial charge >= 0.3 is 0 Å². The Morgan fingerprint density at radius 2 is 1.21 bits per heavy atom. The Kier molecular flexibility index (Phi) is 8.20. The maximum absolute atomic E-state index is 10.3. The summed E-state index contributed by atoms with van der Waals surface area (Å²) >= 11 is 0. The number of benzene rings is 4. The molecule has 0 aromatic heterocycles. The topological polar surface area (TPSA) is 78.7 Å². The van der Waals surface area contributed by atoms with Crippen LogP contribution in [0, 0.1) is 0 Å². The van der Waals surface area contributed by atoms with E-state index in [4.69, 9.17) is 23.7 Å². The van der Waals surface area contributed by atoms with Crippen LogP contribution in [0.4, 0.5) is 0 Å². The average molecular weight is 566 g/mol. The molecule has 0 amide bonds. The summed E-state index contributed by atoms with van der Waals surface area (Å²) in [6.45, 7) is 4.01. The van der Waals surface area contributed by atoms with Crippen LogP contribution < -0.4 is 0 Å². The molecule has 1 N–H and O–H groups in total. The van der Waals surface area contributed by atoms with Gasteiger partial charge in [-0.3, -0.25) is 0 Å². The van der Waals surface area contributed by atoms with Crippen molar-refractivity contribution in [3.05, 3.63) is 144 Å². The highest BCUT2D eigenvalue weighted by molar-refractivity contribution is 5.90. The lowest BCUT2D eigenvalue weighted by Gasteiger charge is -2.36. The van der Waals surface area contributed by atoms with Gasteiger partial charge in [0.15, 0.2) is 12.1 Å². The van der Waals surface area contributed by atoms with Gasteiger partial charge in [-0.1, -0.05) is 126 Å². The summed E-state index contributed by atoms with van der Waals surface area (Å²) in [7, 11) is 0. The first-order chi connectivity index (χ1) is 20.5. The van der Waals surface area contributed by atoms with Crippen molar-refractivity contribution in [2.24, 2.45) is 5.16 Å². The third-order valence-corrected chi connectivity index (χ3v) is 7.70. The molecule has 0 aliphatic carbocycles. The highest BCUT2D eigenvalue weighted by atomic mass is 16.8. The normalized spacial score (nSPS) is 23.5. The van der Waals surface area contributed by atoms with Crippen LogP contribution >= 0.6 is 0 Å². The summed E-state index contributed by atoms with van der Waals surface area (Å²) in [6.07, 6.45) is -2.52. The van der Waals surface area contributed by atoms with Crippen LogP contribution in [0.15, 0.2) is 126 Å². The van der Waals surface area contributed by atoms with Gasteiger partial charge in [-0.2, -0.15) is 0 Å². The number of oxime groups is 1. The fraction of sp³-hybridized carbons (Fsp3) is 0.286. The predicted molar refractivity (Wildman–Crippen MR) is 158 cm³/mol. The SMILES string of the molecule is CC1(C)OC2[C@@H](C(COC(c3ccccc3)(c3ccccc3)c3ccccc3)=NO)O[C@H](OCc3ccccc3)[C@@H]2O1. The Hall–Kier alpha value is -3.85. The van der Waals surface area contributed by atoms with E-state index in [2.05, 4.69) is 5.16 Å². The smallest absolute Gasteiger partial charge is 0.187 e. The van der Waals surface area contributed by atoms with Gasteiger partial charge in [0, 0.05) is 0 Å². The van der Waals surface area contributed by atoms with E-state index in [-0.39, 0.29) is 12.3 Å². The molecule has 0 saturated carbocycles. The molecule has 4 aromatic rings.